The Morgan fingerprint density at radius 1 is 1.33 bits per heavy atom. The molecule has 0 amide bonds. The van der Waals surface area contributed by atoms with E-state index in [-0.39, 0.29) is 5.97 Å². The highest BCUT2D eigenvalue weighted by Gasteiger charge is 2.01. The second kappa shape index (κ2) is 9.22. The van der Waals surface area contributed by atoms with Crippen LogP contribution in [0.3, 0.4) is 0 Å². The fourth-order valence-electron chi connectivity index (χ4n) is 1.05. The zero-order valence-corrected chi connectivity index (χ0v) is 9.25. The van der Waals surface area contributed by atoms with E-state index in [2.05, 4.69) is 6.58 Å². The minimum atomic E-state index is -0.320. The van der Waals surface area contributed by atoms with Gasteiger partial charge in [-0.25, -0.2) is 9.59 Å². The highest BCUT2D eigenvalue weighted by atomic mass is 16.5. The SMILES string of the molecule is C=C(C)C(=O)OCCCCCCC=C=O. The lowest BCUT2D eigenvalue weighted by molar-refractivity contribution is -0.139. The first kappa shape index (κ1) is 13.7. The number of carbonyl (C=O) groups excluding carboxylic acids is 2. The molecule has 0 aliphatic rings. The number of allylic oxidation sites excluding steroid dienone is 1. The van der Waals surface area contributed by atoms with Crippen molar-refractivity contribution in [3.05, 3.63) is 18.2 Å². The maximum Gasteiger partial charge on any atom is 0.333 e. The first-order chi connectivity index (χ1) is 7.18. The molecule has 84 valence electrons. The van der Waals surface area contributed by atoms with Crippen molar-refractivity contribution in [1.82, 2.24) is 0 Å². The number of ether oxygens (including phenoxy) is 1. The lowest BCUT2D eigenvalue weighted by Crippen LogP contribution is -2.05. The molecule has 0 saturated carbocycles. The molecule has 0 aromatic carbocycles. The summed E-state index contributed by atoms with van der Waals surface area (Å²) < 4.78 is 4.92. The van der Waals surface area contributed by atoms with E-state index in [1.54, 1.807) is 12.9 Å². The second-order valence-electron chi connectivity index (χ2n) is 3.44. The normalized spacial score (nSPS) is 9.13. The Bertz CT molecular complexity index is 250. The van der Waals surface area contributed by atoms with Gasteiger partial charge in [-0.05, 0) is 32.3 Å². The van der Waals surface area contributed by atoms with Gasteiger partial charge in [-0.15, -0.1) is 0 Å². The molecule has 15 heavy (non-hydrogen) atoms. The first-order valence-electron chi connectivity index (χ1n) is 5.20. The maximum absolute atomic E-state index is 10.9. The first-order valence-corrected chi connectivity index (χ1v) is 5.20. The summed E-state index contributed by atoms with van der Waals surface area (Å²) in [6, 6.07) is 0. The van der Waals surface area contributed by atoms with Crippen LogP contribution in [0.4, 0.5) is 0 Å². The van der Waals surface area contributed by atoms with E-state index in [0.29, 0.717) is 12.2 Å². The molecule has 0 unspecified atom stereocenters. The third-order valence-corrected chi connectivity index (χ3v) is 1.91. The Balaban J connectivity index is 3.21. The maximum atomic E-state index is 10.9. The molecule has 0 spiro atoms. The van der Waals surface area contributed by atoms with E-state index in [1.165, 1.54) is 6.08 Å². The Hall–Kier alpha value is -1.34. The summed E-state index contributed by atoms with van der Waals surface area (Å²) in [6.07, 6.45) is 6.20. The van der Waals surface area contributed by atoms with Gasteiger partial charge in [-0.2, -0.15) is 0 Å². The average molecular weight is 210 g/mol. The second-order valence-corrected chi connectivity index (χ2v) is 3.44. The van der Waals surface area contributed by atoms with Crippen LogP contribution < -0.4 is 0 Å². The minimum Gasteiger partial charge on any atom is -0.462 e. The molecule has 0 saturated heterocycles. The highest BCUT2D eigenvalue weighted by molar-refractivity contribution is 5.86. The van der Waals surface area contributed by atoms with E-state index in [1.807, 2.05) is 0 Å². The fourth-order valence-corrected chi connectivity index (χ4v) is 1.05. The molecular weight excluding hydrogens is 192 g/mol. The van der Waals surface area contributed by atoms with Gasteiger partial charge in [0.15, 0.2) is 0 Å². The average Bonchev–Trinajstić information content (AvgIpc) is 2.21. The van der Waals surface area contributed by atoms with Crippen molar-refractivity contribution in [1.29, 1.82) is 0 Å². The van der Waals surface area contributed by atoms with Gasteiger partial charge >= 0.3 is 5.97 Å². The Morgan fingerprint density at radius 3 is 2.60 bits per heavy atom. The molecule has 0 radical (unpaired) electrons. The van der Waals surface area contributed by atoms with E-state index in [9.17, 15) is 9.59 Å². The predicted molar refractivity (Wildman–Crippen MR) is 59.1 cm³/mol. The molecule has 0 atom stereocenters. The Morgan fingerprint density at radius 2 is 2.00 bits per heavy atom. The lowest BCUT2D eigenvalue weighted by atomic mass is 10.1. The van der Waals surface area contributed by atoms with Gasteiger partial charge in [0.2, 0.25) is 0 Å². The molecule has 3 nitrogen and oxygen atoms in total. The molecular formula is C12H18O3. The van der Waals surface area contributed by atoms with Gasteiger partial charge in [0.1, 0.15) is 5.94 Å². The Kier molecular flexibility index (Phi) is 8.40. The molecule has 0 rings (SSSR count). The molecule has 0 aliphatic heterocycles. The Labute approximate surface area is 90.8 Å². The van der Waals surface area contributed by atoms with Gasteiger partial charge in [0, 0.05) is 5.57 Å². The fraction of sp³-hybridized carbons (Fsp3) is 0.583. The van der Waals surface area contributed by atoms with Gasteiger partial charge in [0.25, 0.3) is 0 Å². The molecule has 3 heteroatoms. The molecule has 0 aliphatic carbocycles. The van der Waals surface area contributed by atoms with Crippen molar-refractivity contribution in [3.63, 3.8) is 0 Å². The zero-order chi connectivity index (χ0) is 11.5. The summed E-state index contributed by atoms with van der Waals surface area (Å²) in [4.78, 5) is 20.8. The van der Waals surface area contributed by atoms with Crippen molar-refractivity contribution in [2.45, 2.75) is 39.0 Å². The van der Waals surface area contributed by atoms with Crippen molar-refractivity contribution in [2.75, 3.05) is 6.61 Å². The van der Waals surface area contributed by atoms with Crippen molar-refractivity contribution in [3.8, 4) is 0 Å². The predicted octanol–water partition coefficient (Wildman–Crippen LogP) is 2.44. The van der Waals surface area contributed by atoms with Crippen LogP contribution in [0.25, 0.3) is 0 Å². The number of carbonyl (C=O) groups is 1. The quantitative estimate of drug-likeness (QED) is 0.267. The standard InChI is InChI=1S/C12H18O3/c1-11(2)12(14)15-10-8-6-4-3-5-7-9-13/h7H,1,3-6,8,10H2,2H3. The number of hydrogen-bond acceptors (Lipinski definition) is 3. The van der Waals surface area contributed by atoms with Crippen LogP contribution in [0.1, 0.15) is 39.0 Å². The van der Waals surface area contributed by atoms with Crippen LogP contribution in [0.5, 0.6) is 0 Å². The van der Waals surface area contributed by atoms with Crippen LogP contribution in [0.15, 0.2) is 18.2 Å². The van der Waals surface area contributed by atoms with Crippen LogP contribution in [0.2, 0.25) is 0 Å². The minimum absolute atomic E-state index is 0.320. The summed E-state index contributed by atoms with van der Waals surface area (Å²) in [5, 5.41) is 0. The van der Waals surface area contributed by atoms with Crippen LogP contribution >= 0.6 is 0 Å². The summed E-state index contributed by atoms with van der Waals surface area (Å²) in [5.74, 6) is 1.42. The van der Waals surface area contributed by atoms with E-state index in [0.717, 1.165) is 32.1 Å². The summed E-state index contributed by atoms with van der Waals surface area (Å²) in [6.45, 7) is 5.58. The van der Waals surface area contributed by atoms with Gasteiger partial charge in [-0.1, -0.05) is 19.4 Å². The molecule has 0 N–H and O–H groups in total. The van der Waals surface area contributed by atoms with Crippen molar-refractivity contribution >= 4 is 11.9 Å². The van der Waals surface area contributed by atoms with Gasteiger partial charge in [-0.3, -0.25) is 0 Å². The monoisotopic (exact) mass is 210 g/mol. The topological polar surface area (TPSA) is 43.4 Å². The largest absolute Gasteiger partial charge is 0.462 e. The van der Waals surface area contributed by atoms with Gasteiger partial charge in [0.05, 0.1) is 6.61 Å². The van der Waals surface area contributed by atoms with Crippen LogP contribution in [-0.2, 0) is 14.3 Å². The van der Waals surface area contributed by atoms with E-state index >= 15 is 0 Å². The van der Waals surface area contributed by atoms with Gasteiger partial charge < -0.3 is 4.74 Å². The summed E-state index contributed by atoms with van der Waals surface area (Å²) in [7, 11) is 0. The smallest absolute Gasteiger partial charge is 0.333 e. The lowest BCUT2D eigenvalue weighted by Gasteiger charge is -2.03. The zero-order valence-electron chi connectivity index (χ0n) is 9.25. The van der Waals surface area contributed by atoms with Crippen LogP contribution in [0, 0.1) is 0 Å². The molecule has 0 aromatic heterocycles. The third kappa shape index (κ3) is 8.98. The van der Waals surface area contributed by atoms with Crippen LogP contribution in [-0.4, -0.2) is 18.5 Å². The van der Waals surface area contributed by atoms with Crippen molar-refractivity contribution < 1.29 is 14.3 Å². The highest BCUT2D eigenvalue weighted by Crippen LogP contribution is 2.03. The van der Waals surface area contributed by atoms with E-state index in [4.69, 9.17) is 4.74 Å². The molecule has 0 fully saturated rings. The van der Waals surface area contributed by atoms with Crippen molar-refractivity contribution in [2.24, 2.45) is 0 Å². The summed E-state index contributed by atoms with van der Waals surface area (Å²) in [5.41, 5.74) is 0.436. The number of hydrogen-bond donors (Lipinski definition) is 0. The number of esters is 1. The third-order valence-electron chi connectivity index (χ3n) is 1.91. The number of rotatable bonds is 8. The summed E-state index contributed by atoms with van der Waals surface area (Å²) >= 11 is 0. The number of unbranched alkanes of at least 4 members (excludes halogenated alkanes) is 4. The molecule has 0 heterocycles. The van der Waals surface area contributed by atoms with E-state index < -0.39 is 0 Å². The molecule has 0 aromatic rings. The molecule has 0 bridgehead atoms.